The van der Waals surface area contributed by atoms with Crippen molar-refractivity contribution in [2.24, 2.45) is 0 Å². The van der Waals surface area contributed by atoms with Crippen molar-refractivity contribution in [3.05, 3.63) is 53.5 Å². The van der Waals surface area contributed by atoms with Crippen LogP contribution in [0.15, 0.2) is 36.5 Å². The highest BCUT2D eigenvalue weighted by molar-refractivity contribution is 5.40. The standard InChI is InChI=1S/C14H17N3O/c1-11-4-3-5-13(16-11)9-17(2)14-8-12(10-18)6-7-15-14/h3-8,18H,9-10H2,1-2H3. The first kappa shape index (κ1) is 12.5. The van der Waals surface area contributed by atoms with Gasteiger partial charge in [0.15, 0.2) is 0 Å². The number of hydrogen-bond acceptors (Lipinski definition) is 4. The molecule has 0 spiro atoms. The van der Waals surface area contributed by atoms with Crippen LogP contribution in [0.1, 0.15) is 17.0 Å². The summed E-state index contributed by atoms with van der Waals surface area (Å²) in [5, 5.41) is 9.11. The van der Waals surface area contributed by atoms with Gasteiger partial charge in [-0.25, -0.2) is 4.98 Å². The zero-order chi connectivity index (χ0) is 13.0. The quantitative estimate of drug-likeness (QED) is 0.891. The largest absolute Gasteiger partial charge is 0.392 e. The molecule has 0 bridgehead atoms. The van der Waals surface area contributed by atoms with Crippen LogP contribution in [0.3, 0.4) is 0 Å². The van der Waals surface area contributed by atoms with E-state index in [-0.39, 0.29) is 6.61 Å². The van der Waals surface area contributed by atoms with Gasteiger partial charge in [0.25, 0.3) is 0 Å². The average molecular weight is 243 g/mol. The lowest BCUT2D eigenvalue weighted by Crippen LogP contribution is -2.18. The molecule has 0 aromatic carbocycles. The number of aliphatic hydroxyl groups is 1. The number of hydrogen-bond donors (Lipinski definition) is 1. The monoisotopic (exact) mass is 243 g/mol. The van der Waals surface area contributed by atoms with Crippen LogP contribution in [0.2, 0.25) is 0 Å². The Labute approximate surface area is 107 Å². The van der Waals surface area contributed by atoms with Gasteiger partial charge >= 0.3 is 0 Å². The Morgan fingerprint density at radius 3 is 2.83 bits per heavy atom. The van der Waals surface area contributed by atoms with Crippen LogP contribution in [0.4, 0.5) is 5.82 Å². The maximum absolute atomic E-state index is 9.11. The Hall–Kier alpha value is -1.94. The third kappa shape index (κ3) is 3.05. The molecule has 0 aliphatic carbocycles. The molecule has 4 nitrogen and oxygen atoms in total. The van der Waals surface area contributed by atoms with Gasteiger partial charge in [0.05, 0.1) is 18.8 Å². The first-order valence-corrected chi connectivity index (χ1v) is 5.88. The molecule has 0 fully saturated rings. The van der Waals surface area contributed by atoms with Crippen molar-refractivity contribution in [2.45, 2.75) is 20.1 Å². The minimum absolute atomic E-state index is 0.0338. The smallest absolute Gasteiger partial charge is 0.128 e. The highest BCUT2D eigenvalue weighted by Gasteiger charge is 2.05. The van der Waals surface area contributed by atoms with Gasteiger partial charge in [-0.05, 0) is 36.8 Å². The third-order valence-corrected chi connectivity index (χ3v) is 2.73. The molecular weight excluding hydrogens is 226 g/mol. The summed E-state index contributed by atoms with van der Waals surface area (Å²) in [5.74, 6) is 0.838. The van der Waals surface area contributed by atoms with Crippen LogP contribution in [-0.2, 0) is 13.2 Å². The molecule has 18 heavy (non-hydrogen) atoms. The Kier molecular flexibility index (Phi) is 3.89. The van der Waals surface area contributed by atoms with Crippen molar-refractivity contribution >= 4 is 5.82 Å². The molecule has 0 unspecified atom stereocenters. The molecule has 0 radical (unpaired) electrons. The maximum atomic E-state index is 9.11. The number of aryl methyl sites for hydroxylation is 1. The van der Waals surface area contributed by atoms with Crippen LogP contribution in [0.25, 0.3) is 0 Å². The van der Waals surface area contributed by atoms with Gasteiger partial charge in [-0.15, -0.1) is 0 Å². The highest BCUT2D eigenvalue weighted by atomic mass is 16.3. The lowest BCUT2D eigenvalue weighted by molar-refractivity contribution is 0.281. The summed E-state index contributed by atoms with van der Waals surface area (Å²) < 4.78 is 0. The third-order valence-electron chi connectivity index (χ3n) is 2.73. The molecule has 1 N–H and O–H groups in total. The summed E-state index contributed by atoms with van der Waals surface area (Å²) in [7, 11) is 1.97. The summed E-state index contributed by atoms with van der Waals surface area (Å²) in [6.45, 7) is 2.71. The molecule has 0 amide bonds. The van der Waals surface area contributed by atoms with Gasteiger partial charge in [0, 0.05) is 18.9 Å². The van der Waals surface area contributed by atoms with Crippen molar-refractivity contribution in [3.63, 3.8) is 0 Å². The SMILES string of the molecule is Cc1cccc(CN(C)c2cc(CO)ccn2)n1. The van der Waals surface area contributed by atoms with Crippen molar-refractivity contribution in [2.75, 3.05) is 11.9 Å². The first-order valence-electron chi connectivity index (χ1n) is 5.88. The summed E-state index contributed by atoms with van der Waals surface area (Å²) in [6, 6.07) is 9.68. The normalized spacial score (nSPS) is 10.4. The Balaban J connectivity index is 2.13. The zero-order valence-electron chi connectivity index (χ0n) is 10.7. The van der Waals surface area contributed by atoms with Crippen molar-refractivity contribution < 1.29 is 5.11 Å². The molecule has 0 saturated heterocycles. The van der Waals surface area contributed by atoms with Crippen molar-refractivity contribution in [1.29, 1.82) is 0 Å². The molecule has 2 aromatic heterocycles. The second-order valence-electron chi connectivity index (χ2n) is 4.31. The summed E-state index contributed by atoms with van der Waals surface area (Å²) in [6.07, 6.45) is 1.71. The van der Waals surface area contributed by atoms with Gasteiger partial charge in [-0.2, -0.15) is 0 Å². The fraction of sp³-hybridized carbons (Fsp3) is 0.286. The van der Waals surface area contributed by atoms with Crippen molar-refractivity contribution in [1.82, 2.24) is 9.97 Å². The van der Waals surface area contributed by atoms with E-state index in [1.165, 1.54) is 0 Å². The number of anilines is 1. The fourth-order valence-electron chi connectivity index (χ4n) is 1.78. The minimum Gasteiger partial charge on any atom is -0.392 e. The van der Waals surface area contributed by atoms with Gasteiger partial charge in [-0.1, -0.05) is 6.07 Å². The highest BCUT2D eigenvalue weighted by Crippen LogP contribution is 2.13. The van der Waals surface area contributed by atoms with E-state index < -0.39 is 0 Å². The number of aromatic nitrogens is 2. The Morgan fingerprint density at radius 2 is 2.11 bits per heavy atom. The van der Waals surface area contributed by atoms with Crippen LogP contribution < -0.4 is 4.90 Å². The Bertz CT molecular complexity index is 528. The lowest BCUT2D eigenvalue weighted by Gasteiger charge is -2.18. The van der Waals surface area contributed by atoms with Crippen LogP contribution in [0.5, 0.6) is 0 Å². The van der Waals surface area contributed by atoms with Gasteiger partial charge in [0.1, 0.15) is 5.82 Å². The molecule has 94 valence electrons. The average Bonchev–Trinajstić information content (AvgIpc) is 2.39. The van der Waals surface area contributed by atoms with Gasteiger partial charge in [0.2, 0.25) is 0 Å². The second-order valence-corrected chi connectivity index (χ2v) is 4.31. The second kappa shape index (κ2) is 5.60. The zero-order valence-corrected chi connectivity index (χ0v) is 10.7. The van der Waals surface area contributed by atoms with E-state index in [0.29, 0.717) is 6.54 Å². The van der Waals surface area contributed by atoms with E-state index >= 15 is 0 Å². The van der Waals surface area contributed by atoms with Crippen LogP contribution in [-0.4, -0.2) is 22.1 Å². The summed E-state index contributed by atoms with van der Waals surface area (Å²) in [5.41, 5.74) is 2.88. The Morgan fingerprint density at radius 1 is 1.28 bits per heavy atom. The lowest BCUT2D eigenvalue weighted by atomic mass is 10.2. The summed E-state index contributed by atoms with van der Waals surface area (Å²) in [4.78, 5) is 10.8. The van der Waals surface area contributed by atoms with Gasteiger partial charge in [-0.3, -0.25) is 4.98 Å². The van der Waals surface area contributed by atoms with E-state index in [1.54, 1.807) is 6.20 Å². The topological polar surface area (TPSA) is 49.2 Å². The van der Waals surface area contributed by atoms with Crippen LogP contribution >= 0.6 is 0 Å². The number of aliphatic hydroxyl groups excluding tert-OH is 1. The fourth-order valence-corrected chi connectivity index (χ4v) is 1.78. The molecule has 2 heterocycles. The van der Waals surface area contributed by atoms with Crippen molar-refractivity contribution in [3.8, 4) is 0 Å². The molecule has 0 atom stereocenters. The summed E-state index contributed by atoms with van der Waals surface area (Å²) >= 11 is 0. The molecule has 0 aliphatic rings. The predicted octanol–water partition coefficient (Wildman–Crippen LogP) is 1.91. The minimum atomic E-state index is 0.0338. The van der Waals surface area contributed by atoms with E-state index in [4.69, 9.17) is 5.11 Å². The van der Waals surface area contributed by atoms with E-state index in [1.807, 2.05) is 49.2 Å². The van der Waals surface area contributed by atoms with E-state index in [9.17, 15) is 0 Å². The van der Waals surface area contributed by atoms with Crippen LogP contribution in [0, 0.1) is 6.92 Å². The number of rotatable bonds is 4. The molecule has 0 aliphatic heterocycles. The number of nitrogens with zero attached hydrogens (tertiary/aromatic N) is 3. The molecular formula is C14H17N3O. The van der Waals surface area contributed by atoms with Gasteiger partial charge < -0.3 is 10.0 Å². The molecule has 2 rings (SSSR count). The number of pyridine rings is 2. The molecule has 4 heteroatoms. The first-order chi connectivity index (χ1) is 8.69. The van der Waals surface area contributed by atoms with E-state index in [0.717, 1.165) is 22.8 Å². The molecule has 0 saturated carbocycles. The molecule has 2 aromatic rings. The maximum Gasteiger partial charge on any atom is 0.128 e. The van der Waals surface area contributed by atoms with E-state index in [2.05, 4.69) is 9.97 Å². The predicted molar refractivity (Wildman–Crippen MR) is 71.2 cm³/mol.